The van der Waals surface area contributed by atoms with Crippen LogP contribution in [0, 0.1) is 5.82 Å². The number of aliphatic hydroxyl groups is 1. The number of hydrogen-bond acceptors (Lipinski definition) is 6. The lowest BCUT2D eigenvalue weighted by molar-refractivity contribution is 0.0924. The minimum Gasteiger partial charge on any atom is -0.392 e. The highest BCUT2D eigenvalue weighted by Crippen LogP contribution is 2.33. The number of pyridine rings is 1. The first-order valence-electron chi connectivity index (χ1n) is 10.1. The molecule has 2 aromatic heterocycles. The van der Waals surface area contributed by atoms with Crippen molar-refractivity contribution in [3.8, 4) is 11.4 Å². The van der Waals surface area contributed by atoms with Gasteiger partial charge < -0.3 is 15.7 Å². The molecule has 0 bridgehead atoms. The van der Waals surface area contributed by atoms with E-state index in [-0.39, 0.29) is 28.9 Å². The first-order valence-corrected chi connectivity index (χ1v) is 10.4. The molecule has 7 nitrogen and oxygen atoms in total. The second-order valence-corrected chi connectivity index (χ2v) is 8.87. The zero-order valence-electron chi connectivity index (χ0n) is 18.3. The van der Waals surface area contributed by atoms with Gasteiger partial charge in [0.1, 0.15) is 11.6 Å². The van der Waals surface area contributed by atoms with E-state index in [0.717, 1.165) is 5.56 Å². The van der Waals surface area contributed by atoms with E-state index in [4.69, 9.17) is 11.6 Å². The van der Waals surface area contributed by atoms with Crippen molar-refractivity contribution in [1.82, 2.24) is 20.3 Å². The van der Waals surface area contributed by atoms with Crippen LogP contribution in [0.1, 0.15) is 43.6 Å². The summed E-state index contributed by atoms with van der Waals surface area (Å²) in [5, 5.41) is 15.7. The number of amides is 1. The fraction of sp³-hybridized carbons (Fsp3) is 0.304. The molecular formula is C23H25ClFN5O2. The van der Waals surface area contributed by atoms with Gasteiger partial charge in [-0.1, -0.05) is 32.4 Å². The van der Waals surface area contributed by atoms with Crippen LogP contribution >= 0.6 is 11.6 Å². The molecule has 1 aromatic carbocycles. The van der Waals surface area contributed by atoms with Crippen LogP contribution in [0.2, 0.25) is 5.02 Å². The topological polar surface area (TPSA) is 100 Å². The van der Waals surface area contributed by atoms with Gasteiger partial charge in [0.2, 0.25) is 0 Å². The molecule has 32 heavy (non-hydrogen) atoms. The van der Waals surface area contributed by atoms with Crippen molar-refractivity contribution >= 4 is 29.0 Å². The Morgan fingerprint density at radius 1 is 1.25 bits per heavy atom. The Kier molecular flexibility index (Phi) is 7.06. The molecule has 0 radical (unpaired) electrons. The summed E-state index contributed by atoms with van der Waals surface area (Å²) in [6.07, 6.45) is 3.93. The lowest BCUT2D eigenvalue weighted by atomic mass is 9.88. The Morgan fingerprint density at radius 3 is 2.69 bits per heavy atom. The lowest BCUT2D eigenvalue weighted by Crippen LogP contribution is -2.31. The summed E-state index contributed by atoms with van der Waals surface area (Å²) in [5.74, 6) is -0.299. The minimum atomic E-state index is -0.684. The van der Waals surface area contributed by atoms with Crippen LogP contribution in [0.5, 0.6) is 0 Å². The first kappa shape index (κ1) is 23.6. The molecule has 0 saturated carbocycles. The summed E-state index contributed by atoms with van der Waals surface area (Å²) in [7, 11) is 0. The Bertz CT molecular complexity index is 1130. The monoisotopic (exact) mass is 457 g/mol. The maximum Gasteiger partial charge on any atom is 0.255 e. The Hall–Kier alpha value is -3.10. The molecule has 1 unspecified atom stereocenters. The van der Waals surface area contributed by atoms with Gasteiger partial charge in [0.15, 0.2) is 5.82 Å². The number of anilines is 2. The van der Waals surface area contributed by atoms with Gasteiger partial charge in [0.05, 0.1) is 22.9 Å². The number of nitrogens with one attached hydrogen (secondary N) is 2. The van der Waals surface area contributed by atoms with Gasteiger partial charge in [0, 0.05) is 35.7 Å². The number of nitrogens with zero attached hydrogens (tertiary/aromatic N) is 3. The highest BCUT2D eigenvalue weighted by atomic mass is 35.5. The molecule has 0 spiro atoms. The van der Waals surface area contributed by atoms with Gasteiger partial charge in [-0.2, -0.15) is 0 Å². The number of halogens is 2. The van der Waals surface area contributed by atoms with E-state index in [9.17, 15) is 14.3 Å². The number of hydrogen-bond donors (Lipinski definition) is 3. The van der Waals surface area contributed by atoms with Crippen molar-refractivity contribution in [2.24, 2.45) is 0 Å². The van der Waals surface area contributed by atoms with Crippen LogP contribution in [0.3, 0.4) is 0 Å². The van der Waals surface area contributed by atoms with E-state index >= 15 is 0 Å². The van der Waals surface area contributed by atoms with Crippen molar-refractivity contribution in [2.75, 3.05) is 11.9 Å². The van der Waals surface area contributed by atoms with Gasteiger partial charge in [0.25, 0.3) is 5.91 Å². The molecule has 9 heteroatoms. The second-order valence-electron chi connectivity index (χ2n) is 8.44. The van der Waals surface area contributed by atoms with E-state index in [2.05, 4.69) is 25.6 Å². The molecular weight excluding hydrogens is 433 g/mol. The summed E-state index contributed by atoms with van der Waals surface area (Å²) >= 11 is 6.04. The second kappa shape index (κ2) is 9.58. The summed E-state index contributed by atoms with van der Waals surface area (Å²) < 4.78 is 14.4. The highest BCUT2D eigenvalue weighted by molar-refractivity contribution is 6.30. The average molecular weight is 458 g/mol. The van der Waals surface area contributed by atoms with Crippen molar-refractivity contribution in [3.63, 3.8) is 0 Å². The summed E-state index contributed by atoms with van der Waals surface area (Å²) in [6.45, 7) is 7.68. The third kappa shape index (κ3) is 5.57. The maximum atomic E-state index is 14.4. The van der Waals surface area contributed by atoms with E-state index in [1.54, 1.807) is 25.4 Å². The predicted octanol–water partition coefficient (Wildman–Crippen LogP) is 4.48. The molecule has 3 aromatic rings. The molecule has 0 aliphatic carbocycles. The summed E-state index contributed by atoms with van der Waals surface area (Å²) in [5.41, 5.74) is 1.35. The molecule has 168 valence electrons. The SMILES string of the molecule is CC(O)CNC(=O)c1cnccc1Nc1nc(-c2cc(Cl)ccc2F)ncc1C(C)(C)C. The third-order valence-corrected chi connectivity index (χ3v) is 4.88. The van der Waals surface area contributed by atoms with Crippen LogP contribution in [0.4, 0.5) is 15.9 Å². The smallest absolute Gasteiger partial charge is 0.255 e. The summed E-state index contributed by atoms with van der Waals surface area (Å²) in [4.78, 5) is 25.6. The molecule has 2 heterocycles. The zero-order chi connectivity index (χ0) is 23.5. The fourth-order valence-electron chi connectivity index (χ4n) is 2.97. The standard InChI is InChI=1S/C23H25ClFN5O2/c1-13(31)10-28-22(32)16-11-26-8-7-19(16)29-21-17(23(2,3)4)12-27-20(30-21)15-9-14(24)5-6-18(15)25/h5-9,11-13,31H,10H2,1-4H3,(H,28,32)(H,26,27,29,30). The molecule has 0 saturated heterocycles. The molecule has 3 rings (SSSR count). The number of benzene rings is 1. The Labute approximate surface area is 191 Å². The van der Waals surface area contributed by atoms with Gasteiger partial charge >= 0.3 is 0 Å². The Morgan fingerprint density at radius 2 is 2.00 bits per heavy atom. The highest BCUT2D eigenvalue weighted by Gasteiger charge is 2.23. The number of aliphatic hydroxyl groups excluding tert-OH is 1. The van der Waals surface area contributed by atoms with E-state index in [0.29, 0.717) is 16.5 Å². The van der Waals surface area contributed by atoms with E-state index < -0.39 is 17.8 Å². The van der Waals surface area contributed by atoms with Crippen molar-refractivity contribution in [3.05, 3.63) is 64.8 Å². The van der Waals surface area contributed by atoms with Crippen molar-refractivity contribution in [2.45, 2.75) is 39.2 Å². The van der Waals surface area contributed by atoms with Gasteiger partial charge in [-0.05, 0) is 36.6 Å². The number of carbonyl (C=O) groups excluding carboxylic acids is 1. The van der Waals surface area contributed by atoms with Crippen LogP contribution in [-0.2, 0) is 5.41 Å². The molecule has 1 amide bonds. The van der Waals surface area contributed by atoms with E-state index in [1.165, 1.54) is 24.4 Å². The Balaban J connectivity index is 2.06. The maximum absolute atomic E-state index is 14.4. The van der Waals surface area contributed by atoms with Gasteiger partial charge in [-0.3, -0.25) is 9.78 Å². The molecule has 3 N–H and O–H groups in total. The van der Waals surface area contributed by atoms with Gasteiger partial charge in [-0.15, -0.1) is 0 Å². The molecule has 0 fully saturated rings. The number of aromatic nitrogens is 3. The van der Waals surface area contributed by atoms with Crippen LogP contribution < -0.4 is 10.6 Å². The normalized spacial score (nSPS) is 12.3. The largest absolute Gasteiger partial charge is 0.392 e. The number of rotatable bonds is 6. The number of carbonyl (C=O) groups is 1. The fourth-order valence-corrected chi connectivity index (χ4v) is 3.14. The zero-order valence-corrected chi connectivity index (χ0v) is 19.0. The average Bonchev–Trinajstić information content (AvgIpc) is 2.73. The first-order chi connectivity index (χ1) is 15.1. The van der Waals surface area contributed by atoms with E-state index in [1.807, 2.05) is 20.8 Å². The molecule has 1 atom stereocenters. The third-order valence-electron chi connectivity index (χ3n) is 4.64. The quantitative estimate of drug-likeness (QED) is 0.504. The predicted molar refractivity (Wildman–Crippen MR) is 123 cm³/mol. The van der Waals surface area contributed by atoms with Crippen LogP contribution in [-0.4, -0.2) is 38.6 Å². The lowest BCUT2D eigenvalue weighted by Gasteiger charge is -2.23. The van der Waals surface area contributed by atoms with Crippen LogP contribution in [0.15, 0.2) is 42.9 Å². The molecule has 0 aliphatic rings. The molecule has 0 aliphatic heterocycles. The summed E-state index contributed by atoms with van der Waals surface area (Å²) in [6, 6.07) is 5.83. The van der Waals surface area contributed by atoms with Crippen LogP contribution in [0.25, 0.3) is 11.4 Å². The van der Waals surface area contributed by atoms with Gasteiger partial charge in [-0.25, -0.2) is 14.4 Å². The minimum absolute atomic E-state index is 0.103. The van der Waals surface area contributed by atoms with Crippen molar-refractivity contribution < 1.29 is 14.3 Å². The van der Waals surface area contributed by atoms with Crippen molar-refractivity contribution in [1.29, 1.82) is 0 Å².